The van der Waals surface area contributed by atoms with Crippen LogP contribution in [-0.4, -0.2) is 61.5 Å². The highest BCUT2D eigenvalue weighted by Gasteiger charge is 2.42. The van der Waals surface area contributed by atoms with Gasteiger partial charge in [0.05, 0.1) is 17.3 Å². The zero-order valence-electron chi connectivity index (χ0n) is 14.9. The monoisotopic (exact) mass is 383 g/mol. The van der Waals surface area contributed by atoms with Crippen LogP contribution < -0.4 is 0 Å². The third kappa shape index (κ3) is 3.93. The quantitative estimate of drug-likeness (QED) is 0.802. The van der Waals surface area contributed by atoms with E-state index >= 15 is 0 Å². The summed E-state index contributed by atoms with van der Waals surface area (Å²) in [6.45, 7) is 3.36. The number of carboxylic acid groups (broad SMARTS) is 1. The predicted octanol–water partition coefficient (Wildman–Crippen LogP) is 1.59. The third-order valence-corrected chi connectivity index (χ3v) is 7.11. The number of benzene rings is 1. The molecular weight excluding hydrogens is 358 g/mol. The molecule has 0 bridgehead atoms. The van der Waals surface area contributed by atoms with Crippen molar-refractivity contribution in [2.75, 3.05) is 32.1 Å². The number of hydrogen-bond acceptors (Lipinski definition) is 5. The Morgan fingerprint density at radius 2 is 2.04 bits per heavy atom. The first-order valence-electron chi connectivity index (χ1n) is 8.87. The van der Waals surface area contributed by atoms with E-state index in [1.165, 1.54) is 4.31 Å². The zero-order chi connectivity index (χ0) is 18.8. The van der Waals surface area contributed by atoms with Gasteiger partial charge in [0.1, 0.15) is 0 Å². The molecule has 1 fully saturated rings. The first-order valence-corrected chi connectivity index (χ1v) is 10.5. The van der Waals surface area contributed by atoms with Crippen molar-refractivity contribution in [1.82, 2.24) is 4.31 Å². The Morgan fingerprint density at radius 3 is 2.69 bits per heavy atom. The second-order valence-corrected chi connectivity index (χ2v) is 8.84. The SMILES string of the molecule is CCOC1(CS(=O)(=O)N2Cc3ccccc3C(C(=O)O)C2)CCOCC1. The number of nitrogens with zero attached hydrogens (tertiary/aromatic N) is 1. The molecule has 2 aliphatic heterocycles. The van der Waals surface area contributed by atoms with Gasteiger partial charge in [0, 0.05) is 45.8 Å². The molecule has 2 aliphatic rings. The van der Waals surface area contributed by atoms with Crippen molar-refractivity contribution >= 4 is 16.0 Å². The fraction of sp³-hybridized carbons (Fsp3) is 0.611. The van der Waals surface area contributed by atoms with Gasteiger partial charge in [-0.25, -0.2) is 8.42 Å². The lowest BCUT2D eigenvalue weighted by atomic mass is 9.91. The number of aliphatic carboxylic acids is 1. The van der Waals surface area contributed by atoms with E-state index in [2.05, 4.69) is 0 Å². The first kappa shape index (κ1) is 19.3. The molecule has 7 nitrogen and oxygen atoms in total. The number of rotatable bonds is 6. The van der Waals surface area contributed by atoms with Gasteiger partial charge in [-0.15, -0.1) is 0 Å². The number of carbonyl (C=O) groups is 1. The summed E-state index contributed by atoms with van der Waals surface area (Å²) in [4.78, 5) is 11.7. The van der Waals surface area contributed by atoms with Crippen molar-refractivity contribution < 1.29 is 27.8 Å². The van der Waals surface area contributed by atoms with Crippen LogP contribution >= 0.6 is 0 Å². The van der Waals surface area contributed by atoms with Gasteiger partial charge in [0.2, 0.25) is 10.0 Å². The van der Waals surface area contributed by atoms with E-state index in [9.17, 15) is 18.3 Å². The van der Waals surface area contributed by atoms with Crippen molar-refractivity contribution in [3.63, 3.8) is 0 Å². The second kappa shape index (κ2) is 7.64. The summed E-state index contributed by atoms with van der Waals surface area (Å²) in [5.74, 6) is -2.01. The number of carboxylic acids is 1. The number of fused-ring (bicyclic) bond motifs is 1. The van der Waals surface area contributed by atoms with E-state index in [0.717, 1.165) is 5.56 Å². The van der Waals surface area contributed by atoms with Gasteiger partial charge in [-0.1, -0.05) is 24.3 Å². The van der Waals surface area contributed by atoms with Gasteiger partial charge in [-0.3, -0.25) is 4.79 Å². The van der Waals surface area contributed by atoms with Crippen LogP contribution in [0.15, 0.2) is 24.3 Å². The maximum Gasteiger partial charge on any atom is 0.312 e. The first-order chi connectivity index (χ1) is 12.4. The maximum atomic E-state index is 13.1. The Kier molecular flexibility index (Phi) is 5.67. The Morgan fingerprint density at radius 1 is 1.35 bits per heavy atom. The highest BCUT2D eigenvalue weighted by atomic mass is 32.2. The van der Waals surface area contributed by atoms with Gasteiger partial charge in [0.15, 0.2) is 0 Å². The summed E-state index contributed by atoms with van der Waals surface area (Å²) in [7, 11) is -3.68. The minimum Gasteiger partial charge on any atom is -0.481 e. The molecule has 26 heavy (non-hydrogen) atoms. The molecule has 0 saturated carbocycles. The van der Waals surface area contributed by atoms with Crippen LogP contribution in [0.2, 0.25) is 0 Å². The molecule has 0 radical (unpaired) electrons. The van der Waals surface area contributed by atoms with Crippen LogP contribution in [0.4, 0.5) is 0 Å². The molecule has 2 heterocycles. The van der Waals surface area contributed by atoms with Gasteiger partial charge in [-0.05, 0) is 18.1 Å². The van der Waals surface area contributed by atoms with Crippen LogP contribution in [0, 0.1) is 0 Å². The molecule has 1 N–H and O–H groups in total. The van der Waals surface area contributed by atoms with Crippen LogP contribution in [0.1, 0.15) is 36.8 Å². The van der Waals surface area contributed by atoms with Crippen molar-refractivity contribution in [1.29, 1.82) is 0 Å². The van der Waals surface area contributed by atoms with E-state index < -0.39 is 27.5 Å². The fourth-order valence-corrected chi connectivity index (χ4v) is 5.73. The molecule has 8 heteroatoms. The lowest BCUT2D eigenvalue weighted by molar-refractivity contribution is -0.139. The Labute approximate surface area is 154 Å². The topological polar surface area (TPSA) is 93.1 Å². The van der Waals surface area contributed by atoms with Gasteiger partial charge in [-0.2, -0.15) is 4.31 Å². The average molecular weight is 383 g/mol. The van der Waals surface area contributed by atoms with Gasteiger partial charge in [0.25, 0.3) is 0 Å². The summed E-state index contributed by atoms with van der Waals surface area (Å²) in [6.07, 6.45) is 1.04. The lowest BCUT2D eigenvalue weighted by Crippen LogP contribution is -2.50. The van der Waals surface area contributed by atoms with Crippen molar-refractivity contribution in [3.8, 4) is 0 Å². The third-order valence-electron chi connectivity index (χ3n) is 5.15. The van der Waals surface area contributed by atoms with Crippen molar-refractivity contribution in [2.24, 2.45) is 0 Å². The van der Waals surface area contributed by atoms with Crippen molar-refractivity contribution in [2.45, 2.75) is 37.8 Å². The van der Waals surface area contributed by atoms with Crippen LogP contribution in [0.3, 0.4) is 0 Å². The normalized spacial score (nSPS) is 23.3. The molecule has 1 aromatic rings. The number of sulfonamides is 1. The van der Waals surface area contributed by atoms with Crippen molar-refractivity contribution in [3.05, 3.63) is 35.4 Å². The molecule has 0 aliphatic carbocycles. The van der Waals surface area contributed by atoms with Crippen LogP contribution in [0.5, 0.6) is 0 Å². The van der Waals surface area contributed by atoms with E-state index in [0.29, 0.717) is 38.2 Å². The Bertz CT molecular complexity index is 751. The molecule has 3 rings (SSSR count). The summed E-state index contributed by atoms with van der Waals surface area (Å²) in [6, 6.07) is 7.14. The average Bonchev–Trinajstić information content (AvgIpc) is 2.61. The van der Waals surface area contributed by atoms with E-state index in [1.54, 1.807) is 24.3 Å². The minimum absolute atomic E-state index is 0.0482. The molecular formula is C18H25NO6S. The molecule has 144 valence electrons. The molecule has 0 spiro atoms. The van der Waals surface area contributed by atoms with E-state index in [4.69, 9.17) is 9.47 Å². The molecule has 1 atom stereocenters. The highest BCUT2D eigenvalue weighted by Crippen LogP contribution is 2.33. The van der Waals surface area contributed by atoms with Crippen LogP contribution in [0.25, 0.3) is 0 Å². The molecule has 1 aromatic carbocycles. The summed E-state index contributed by atoms with van der Waals surface area (Å²) in [5, 5.41) is 9.56. The minimum atomic E-state index is -3.68. The van der Waals surface area contributed by atoms with E-state index in [1.807, 2.05) is 6.92 Å². The molecule has 0 amide bonds. The summed E-state index contributed by atoms with van der Waals surface area (Å²) in [5.41, 5.74) is 0.672. The number of hydrogen-bond donors (Lipinski definition) is 1. The predicted molar refractivity (Wildman–Crippen MR) is 95.4 cm³/mol. The van der Waals surface area contributed by atoms with Gasteiger partial charge >= 0.3 is 5.97 Å². The largest absolute Gasteiger partial charge is 0.481 e. The molecule has 0 aromatic heterocycles. The second-order valence-electron chi connectivity index (χ2n) is 6.87. The van der Waals surface area contributed by atoms with E-state index in [-0.39, 0.29) is 18.8 Å². The molecule has 1 saturated heterocycles. The molecule has 1 unspecified atom stereocenters. The fourth-order valence-electron chi connectivity index (χ4n) is 3.80. The lowest BCUT2D eigenvalue weighted by Gasteiger charge is -2.39. The Hall–Kier alpha value is -1.48. The standard InChI is InChI=1S/C18H25NO6S/c1-2-25-18(7-9-24-10-8-18)13-26(22,23)19-11-14-5-3-4-6-15(14)16(12-19)17(20)21/h3-6,16H,2,7-13H2,1H3,(H,20,21). The van der Waals surface area contributed by atoms with Crippen LogP contribution in [-0.2, 0) is 30.8 Å². The zero-order valence-corrected chi connectivity index (χ0v) is 15.7. The summed E-state index contributed by atoms with van der Waals surface area (Å²) < 4.78 is 38.7. The Balaban J connectivity index is 1.86. The summed E-state index contributed by atoms with van der Waals surface area (Å²) >= 11 is 0. The smallest absolute Gasteiger partial charge is 0.312 e. The number of ether oxygens (including phenoxy) is 2. The highest BCUT2D eigenvalue weighted by molar-refractivity contribution is 7.89. The maximum absolute atomic E-state index is 13.1. The van der Waals surface area contributed by atoms with Gasteiger partial charge < -0.3 is 14.6 Å².